The summed E-state index contributed by atoms with van der Waals surface area (Å²) in [6.07, 6.45) is 3.78. The monoisotopic (exact) mass is 281 g/mol. The van der Waals surface area contributed by atoms with Gasteiger partial charge in [0.2, 0.25) is 0 Å². The number of likely N-dealkylation sites (tertiary alicyclic amines) is 1. The van der Waals surface area contributed by atoms with Crippen molar-refractivity contribution in [3.05, 3.63) is 11.9 Å². The second-order valence-electron chi connectivity index (χ2n) is 6.10. The van der Waals surface area contributed by atoms with E-state index in [0.717, 1.165) is 32.5 Å². The SMILES string of the molecule is COC(=O)c1cn(C2CCCN(CC(C)(C)N)C2)nn1. The summed E-state index contributed by atoms with van der Waals surface area (Å²) in [5, 5.41) is 7.90. The van der Waals surface area contributed by atoms with Gasteiger partial charge in [-0.15, -0.1) is 5.10 Å². The van der Waals surface area contributed by atoms with Crippen LogP contribution in [0.2, 0.25) is 0 Å². The fourth-order valence-corrected chi connectivity index (χ4v) is 2.62. The van der Waals surface area contributed by atoms with Crippen LogP contribution >= 0.6 is 0 Å². The molecule has 1 aromatic heterocycles. The maximum atomic E-state index is 11.4. The van der Waals surface area contributed by atoms with Crippen LogP contribution in [0.3, 0.4) is 0 Å². The first kappa shape index (κ1) is 14.9. The van der Waals surface area contributed by atoms with Gasteiger partial charge in [-0.2, -0.15) is 0 Å². The van der Waals surface area contributed by atoms with E-state index in [2.05, 4.69) is 19.9 Å². The molecule has 1 fully saturated rings. The van der Waals surface area contributed by atoms with Gasteiger partial charge >= 0.3 is 5.97 Å². The number of methoxy groups -OCH3 is 1. The van der Waals surface area contributed by atoms with Crippen molar-refractivity contribution in [3.8, 4) is 0 Å². The average molecular weight is 281 g/mol. The minimum absolute atomic E-state index is 0.207. The lowest BCUT2D eigenvalue weighted by Crippen LogP contribution is -2.48. The lowest BCUT2D eigenvalue weighted by atomic mass is 10.0. The number of rotatable bonds is 4. The van der Waals surface area contributed by atoms with Crippen molar-refractivity contribution in [2.24, 2.45) is 5.73 Å². The lowest BCUT2D eigenvalue weighted by molar-refractivity contribution is 0.0594. The van der Waals surface area contributed by atoms with E-state index in [1.54, 1.807) is 10.9 Å². The van der Waals surface area contributed by atoms with Gasteiger partial charge in [0.1, 0.15) is 0 Å². The molecule has 2 rings (SSSR count). The second kappa shape index (κ2) is 5.88. The standard InChI is InChI=1S/C13H23N5O2/c1-13(2,14)9-17-6-4-5-10(7-17)18-8-11(15-16-18)12(19)20-3/h8,10H,4-7,9,14H2,1-3H3. The van der Waals surface area contributed by atoms with Gasteiger partial charge in [-0.25, -0.2) is 9.48 Å². The summed E-state index contributed by atoms with van der Waals surface area (Å²) in [6.45, 7) is 6.84. The van der Waals surface area contributed by atoms with Gasteiger partial charge in [0.25, 0.3) is 0 Å². The van der Waals surface area contributed by atoms with Gasteiger partial charge < -0.3 is 10.5 Å². The van der Waals surface area contributed by atoms with Crippen molar-refractivity contribution < 1.29 is 9.53 Å². The Morgan fingerprint density at radius 1 is 1.60 bits per heavy atom. The largest absolute Gasteiger partial charge is 0.464 e. The third-order valence-corrected chi connectivity index (χ3v) is 3.39. The summed E-state index contributed by atoms with van der Waals surface area (Å²) < 4.78 is 6.41. The first-order valence-corrected chi connectivity index (χ1v) is 6.90. The van der Waals surface area contributed by atoms with E-state index >= 15 is 0 Å². The number of nitrogens with two attached hydrogens (primary N) is 1. The molecule has 1 aliphatic heterocycles. The number of piperidine rings is 1. The van der Waals surface area contributed by atoms with Crippen LogP contribution in [0.25, 0.3) is 0 Å². The Bertz CT molecular complexity index is 466. The molecule has 20 heavy (non-hydrogen) atoms. The molecule has 1 aliphatic rings. The maximum Gasteiger partial charge on any atom is 0.360 e. The Balaban J connectivity index is 2.01. The van der Waals surface area contributed by atoms with Gasteiger partial charge in [-0.05, 0) is 33.2 Å². The summed E-state index contributed by atoms with van der Waals surface area (Å²) in [7, 11) is 1.34. The molecule has 0 radical (unpaired) electrons. The van der Waals surface area contributed by atoms with Crippen molar-refractivity contribution in [1.82, 2.24) is 19.9 Å². The molecule has 0 aliphatic carbocycles. The molecule has 7 heteroatoms. The molecule has 2 heterocycles. The Morgan fingerprint density at radius 3 is 3.00 bits per heavy atom. The number of aromatic nitrogens is 3. The van der Waals surface area contributed by atoms with Crippen LogP contribution in [0.15, 0.2) is 6.20 Å². The van der Waals surface area contributed by atoms with Crippen LogP contribution in [0.5, 0.6) is 0 Å². The molecule has 1 aromatic rings. The van der Waals surface area contributed by atoms with E-state index < -0.39 is 5.97 Å². The van der Waals surface area contributed by atoms with E-state index in [1.807, 2.05) is 13.8 Å². The highest BCUT2D eigenvalue weighted by molar-refractivity contribution is 5.86. The molecule has 0 saturated carbocycles. The van der Waals surface area contributed by atoms with E-state index in [9.17, 15) is 4.79 Å². The number of hydrogen-bond donors (Lipinski definition) is 1. The number of esters is 1. The predicted molar refractivity (Wildman–Crippen MR) is 74.3 cm³/mol. The van der Waals surface area contributed by atoms with Crippen LogP contribution in [-0.2, 0) is 4.74 Å². The minimum Gasteiger partial charge on any atom is -0.464 e. The molecule has 112 valence electrons. The van der Waals surface area contributed by atoms with E-state index in [0.29, 0.717) is 0 Å². The fourth-order valence-electron chi connectivity index (χ4n) is 2.62. The number of carbonyl (C=O) groups excluding carboxylic acids is 1. The molecule has 1 saturated heterocycles. The fraction of sp³-hybridized carbons (Fsp3) is 0.769. The molecule has 0 bridgehead atoms. The second-order valence-corrected chi connectivity index (χ2v) is 6.10. The Kier molecular flexibility index (Phi) is 4.39. The van der Waals surface area contributed by atoms with E-state index in [-0.39, 0.29) is 17.3 Å². The minimum atomic E-state index is -0.452. The van der Waals surface area contributed by atoms with Crippen molar-refractivity contribution in [1.29, 1.82) is 0 Å². The molecular weight excluding hydrogens is 258 g/mol. The number of nitrogens with zero attached hydrogens (tertiary/aromatic N) is 4. The summed E-state index contributed by atoms with van der Waals surface area (Å²) >= 11 is 0. The van der Waals surface area contributed by atoms with Crippen molar-refractivity contribution in [2.45, 2.75) is 38.3 Å². The van der Waals surface area contributed by atoms with Crippen LogP contribution < -0.4 is 5.73 Å². The maximum absolute atomic E-state index is 11.4. The molecule has 1 unspecified atom stereocenters. The van der Waals surface area contributed by atoms with E-state index in [4.69, 9.17) is 5.73 Å². The number of hydrogen-bond acceptors (Lipinski definition) is 6. The zero-order valence-corrected chi connectivity index (χ0v) is 12.4. The lowest BCUT2D eigenvalue weighted by Gasteiger charge is -2.36. The molecule has 0 spiro atoms. The van der Waals surface area contributed by atoms with Crippen molar-refractivity contribution in [2.75, 3.05) is 26.7 Å². The topological polar surface area (TPSA) is 86.3 Å². The first-order chi connectivity index (χ1) is 9.39. The Labute approximate surface area is 119 Å². The number of ether oxygens (including phenoxy) is 1. The van der Waals surface area contributed by atoms with Gasteiger partial charge in [-0.1, -0.05) is 5.21 Å². The summed E-state index contributed by atoms with van der Waals surface area (Å²) in [6, 6.07) is 0.233. The Morgan fingerprint density at radius 2 is 2.35 bits per heavy atom. The van der Waals surface area contributed by atoms with Crippen LogP contribution in [0.1, 0.15) is 43.2 Å². The summed E-state index contributed by atoms with van der Waals surface area (Å²) in [4.78, 5) is 13.7. The van der Waals surface area contributed by atoms with Gasteiger partial charge in [0, 0.05) is 18.6 Å². The van der Waals surface area contributed by atoms with Gasteiger partial charge in [0.05, 0.1) is 19.3 Å². The average Bonchev–Trinajstić information content (AvgIpc) is 2.85. The molecule has 0 aromatic carbocycles. The van der Waals surface area contributed by atoms with Crippen LogP contribution in [0.4, 0.5) is 0 Å². The molecule has 1 atom stereocenters. The Hall–Kier alpha value is -1.47. The molecule has 7 nitrogen and oxygen atoms in total. The van der Waals surface area contributed by atoms with Crippen LogP contribution in [-0.4, -0.2) is 58.1 Å². The molecule has 0 amide bonds. The molecule has 2 N–H and O–H groups in total. The third kappa shape index (κ3) is 3.77. The quantitative estimate of drug-likeness (QED) is 0.806. The number of carbonyl (C=O) groups is 1. The van der Waals surface area contributed by atoms with E-state index in [1.165, 1.54) is 7.11 Å². The highest BCUT2D eigenvalue weighted by Gasteiger charge is 2.26. The third-order valence-electron chi connectivity index (χ3n) is 3.39. The zero-order chi connectivity index (χ0) is 14.8. The summed E-state index contributed by atoms with van der Waals surface area (Å²) in [5.74, 6) is -0.452. The first-order valence-electron chi connectivity index (χ1n) is 6.90. The van der Waals surface area contributed by atoms with Crippen molar-refractivity contribution >= 4 is 5.97 Å². The van der Waals surface area contributed by atoms with Gasteiger partial charge in [-0.3, -0.25) is 4.90 Å². The normalized spacial score (nSPS) is 20.9. The summed E-state index contributed by atoms with van der Waals surface area (Å²) in [5.41, 5.74) is 6.12. The zero-order valence-electron chi connectivity index (χ0n) is 12.4. The highest BCUT2D eigenvalue weighted by Crippen LogP contribution is 2.21. The highest BCUT2D eigenvalue weighted by atomic mass is 16.5. The van der Waals surface area contributed by atoms with Crippen molar-refractivity contribution in [3.63, 3.8) is 0 Å². The predicted octanol–water partition coefficient (Wildman–Crippen LogP) is 0.439. The van der Waals surface area contributed by atoms with Gasteiger partial charge in [0.15, 0.2) is 5.69 Å². The van der Waals surface area contributed by atoms with Crippen LogP contribution in [0, 0.1) is 0 Å². The smallest absolute Gasteiger partial charge is 0.360 e. The molecular formula is C13H23N5O2.